The van der Waals surface area contributed by atoms with Crippen LogP contribution in [0.25, 0.3) is 0 Å². The van der Waals surface area contributed by atoms with Crippen LogP contribution in [-0.2, 0) is 20.7 Å². The molecule has 2 aromatic rings. The van der Waals surface area contributed by atoms with Crippen LogP contribution in [0.4, 0.5) is 0 Å². The average Bonchev–Trinajstić information content (AvgIpc) is 2.79. The van der Waals surface area contributed by atoms with Crippen molar-refractivity contribution >= 4 is 18.0 Å². The van der Waals surface area contributed by atoms with Crippen LogP contribution < -0.4 is 14.9 Å². The van der Waals surface area contributed by atoms with E-state index in [1.807, 2.05) is 24.3 Å². The number of morpholine rings is 1. The summed E-state index contributed by atoms with van der Waals surface area (Å²) >= 11 is 0. The average molecular weight is 411 g/mol. The van der Waals surface area contributed by atoms with E-state index in [1.54, 1.807) is 42.5 Å². The Labute approximate surface area is 175 Å². The number of hydrazone groups is 1. The van der Waals surface area contributed by atoms with Crippen molar-refractivity contribution in [3.63, 3.8) is 0 Å². The van der Waals surface area contributed by atoms with Crippen molar-refractivity contribution < 1.29 is 23.8 Å². The van der Waals surface area contributed by atoms with Crippen molar-refractivity contribution in [2.45, 2.75) is 6.42 Å². The van der Waals surface area contributed by atoms with E-state index >= 15 is 0 Å². The minimum atomic E-state index is -0.221. The first-order valence-corrected chi connectivity index (χ1v) is 9.67. The minimum Gasteiger partial charge on any atom is -0.497 e. The van der Waals surface area contributed by atoms with Crippen molar-refractivity contribution in [1.29, 1.82) is 0 Å². The van der Waals surface area contributed by atoms with Crippen LogP contribution in [0.15, 0.2) is 53.6 Å². The molecule has 0 unspecified atom stereocenters. The van der Waals surface area contributed by atoms with E-state index in [-0.39, 0.29) is 24.8 Å². The maximum atomic E-state index is 12.1. The number of hydrogen-bond acceptors (Lipinski definition) is 6. The molecule has 30 heavy (non-hydrogen) atoms. The highest BCUT2D eigenvalue weighted by molar-refractivity contribution is 5.83. The molecule has 2 amide bonds. The predicted molar refractivity (Wildman–Crippen MR) is 112 cm³/mol. The van der Waals surface area contributed by atoms with Crippen LogP contribution in [0.3, 0.4) is 0 Å². The van der Waals surface area contributed by atoms with Gasteiger partial charge in [-0.25, -0.2) is 5.43 Å². The molecule has 8 nitrogen and oxygen atoms in total. The van der Waals surface area contributed by atoms with Gasteiger partial charge in [0.05, 0.1) is 33.0 Å². The maximum Gasteiger partial charge on any atom is 0.260 e. The molecule has 1 N–H and O–H groups in total. The van der Waals surface area contributed by atoms with Gasteiger partial charge in [-0.05, 0) is 47.5 Å². The molecule has 0 aliphatic carbocycles. The van der Waals surface area contributed by atoms with Gasteiger partial charge in [0.15, 0.2) is 6.61 Å². The summed E-state index contributed by atoms with van der Waals surface area (Å²) in [5.41, 5.74) is 4.14. The molecule has 1 saturated heterocycles. The zero-order valence-corrected chi connectivity index (χ0v) is 16.9. The van der Waals surface area contributed by atoms with Crippen molar-refractivity contribution in [2.75, 3.05) is 40.0 Å². The normalized spacial score (nSPS) is 13.8. The van der Waals surface area contributed by atoms with Gasteiger partial charge in [-0.15, -0.1) is 0 Å². The highest BCUT2D eigenvalue weighted by Crippen LogP contribution is 2.13. The molecular formula is C22H25N3O5. The number of nitrogens with zero attached hydrogens (tertiary/aromatic N) is 2. The summed E-state index contributed by atoms with van der Waals surface area (Å²) in [5.74, 6) is 1.03. The number of carbonyl (C=O) groups is 2. The van der Waals surface area contributed by atoms with E-state index in [2.05, 4.69) is 10.5 Å². The van der Waals surface area contributed by atoms with Gasteiger partial charge in [-0.3, -0.25) is 9.59 Å². The highest BCUT2D eigenvalue weighted by atomic mass is 16.5. The molecule has 0 bridgehead atoms. The van der Waals surface area contributed by atoms with Crippen molar-refractivity contribution in [3.8, 4) is 11.5 Å². The first kappa shape index (κ1) is 21.3. The van der Waals surface area contributed by atoms with E-state index in [1.165, 1.54) is 0 Å². The molecule has 1 fully saturated rings. The maximum absolute atomic E-state index is 12.1. The van der Waals surface area contributed by atoms with Crippen LogP contribution in [0, 0.1) is 0 Å². The molecule has 1 aliphatic rings. The zero-order chi connectivity index (χ0) is 21.2. The van der Waals surface area contributed by atoms with Gasteiger partial charge in [0, 0.05) is 13.1 Å². The second kappa shape index (κ2) is 11.0. The van der Waals surface area contributed by atoms with Gasteiger partial charge < -0.3 is 19.1 Å². The van der Waals surface area contributed by atoms with Crippen LogP contribution >= 0.6 is 0 Å². The standard InChI is InChI=1S/C22H25N3O5/c1-28-20-4-2-3-18(13-20)14-21(26)24-23-15-17-5-7-19(8-6-17)30-16-22(27)25-9-11-29-12-10-25/h2-8,13,15H,9-12,14,16H2,1H3,(H,24,26)/b23-15+. The predicted octanol–water partition coefficient (Wildman–Crippen LogP) is 1.63. The Morgan fingerprint density at radius 3 is 2.63 bits per heavy atom. The number of nitrogens with one attached hydrogen (secondary N) is 1. The van der Waals surface area contributed by atoms with Crippen LogP contribution in [-0.4, -0.2) is 62.9 Å². The highest BCUT2D eigenvalue weighted by Gasteiger charge is 2.17. The van der Waals surface area contributed by atoms with Gasteiger partial charge in [-0.1, -0.05) is 12.1 Å². The lowest BCUT2D eigenvalue weighted by Crippen LogP contribution is -2.42. The third kappa shape index (κ3) is 6.59. The third-order valence-corrected chi connectivity index (χ3v) is 4.51. The molecular weight excluding hydrogens is 386 g/mol. The lowest BCUT2D eigenvalue weighted by Gasteiger charge is -2.26. The van der Waals surface area contributed by atoms with Crippen molar-refractivity contribution in [1.82, 2.24) is 10.3 Å². The van der Waals surface area contributed by atoms with Gasteiger partial charge in [0.1, 0.15) is 11.5 Å². The number of carbonyl (C=O) groups excluding carboxylic acids is 2. The number of amides is 2. The number of rotatable bonds is 8. The third-order valence-electron chi connectivity index (χ3n) is 4.51. The van der Waals surface area contributed by atoms with E-state index < -0.39 is 0 Å². The van der Waals surface area contributed by atoms with Gasteiger partial charge in [0.2, 0.25) is 5.91 Å². The summed E-state index contributed by atoms with van der Waals surface area (Å²) in [5, 5.41) is 3.98. The molecule has 8 heteroatoms. The summed E-state index contributed by atoms with van der Waals surface area (Å²) in [6, 6.07) is 14.4. The minimum absolute atomic E-state index is 0.00619. The van der Waals surface area contributed by atoms with Crippen LogP contribution in [0.5, 0.6) is 11.5 Å². The quantitative estimate of drug-likeness (QED) is 0.527. The molecule has 2 aromatic carbocycles. The molecule has 0 spiro atoms. The first-order chi connectivity index (χ1) is 14.6. The molecule has 158 valence electrons. The number of hydrogen-bond donors (Lipinski definition) is 1. The largest absolute Gasteiger partial charge is 0.497 e. The molecule has 0 radical (unpaired) electrons. The summed E-state index contributed by atoms with van der Waals surface area (Å²) < 4.78 is 15.9. The monoisotopic (exact) mass is 411 g/mol. The SMILES string of the molecule is COc1cccc(CC(=O)N/N=C/c2ccc(OCC(=O)N3CCOCC3)cc2)c1. The fourth-order valence-electron chi connectivity index (χ4n) is 2.89. The Hall–Kier alpha value is -3.39. The molecule has 1 aliphatic heterocycles. The molecule has 0 saturated carbocycles. The fraction of sp³-hybridized carbons (Fsp3) is 0.318. The van der Waals surface area contributed by atoms with Crippen molar-refractivity contribution in [3.05, 3.63) is 59.7 Å². The van der Waals surface area contributed by atoms with Crippen LogP contribution in [0.2, 0.25) is 0 Å². The summed E-state index contributed by atoms with van der Waals surface area (Å²) in [6.45, 7) is 2.32. The second-order valence-corrected chi connectivity index (χ2v) is 6.67. The lowest BCUT2D eigenvalue weighted by atomic mass is 10.1. The summed E-state index contributed by atoms with van der Waals surface area (Å²) in [7, 11) is 1.59. The lowest BCUT2D eigenvalue weighted by molar-refractivity contribution is -0.137. The Morgan fingerprint density at radius 2 is 1.90 bits per heavy atom. The van der Waals surface area contributed by atoms with Gasteiger partial charge >= 0.3 is 0 Å². The molecule has 1 heterocycles. The zero-order valence-electron chi connectivity index (χ0n) is 16.9. The van der Waals surface area contributed by atoms with Gasteiger partial charge in [0.25, 0.3) is 5.91 Å². The topological polar surface area (TPSA) is 89.5 Å². The number of ether oxygens (including phenoxy) is 3. The number of methoxy groups -OCH3 is 1. The van der Waals surface area contributed by atoms with Crippen molar-refractivity contribution in [2.24, 2.45) is 5.10 Å². The van der Waals surface area contributed by atoms with Crippen LogP contribution in [0.1, 0.15) is 11.1 Å². The first-order valence-electron chi connectivity index (χ1n) is 9.67. The Balaban J connectivity index is 1.42. The second-order valence-electron chi connectivity index (χ2n) is 6.67. The molecule has 0 atom stereocenters. The van der Waals surface area contributed by atoms with E-state index in [4.69, 9.17) is 14.2 Å². The van der Waals surface area contributed by atoms with E-state index in [0.717, 1.165) is 11.1 Å². The summed E-state index contributed by atoms with van der Waals surface area (Å²) in [6.07, 6.45) is 1.75. The Bertz CT molecular complexity index is 877. The summed E-state index contributed by atoms with van der Waals surface area (Å²) in [4.78, 5) is 25.8. The Kier molecular flexibility index (Phi) is 7.79. The smallest absolute Gasteiger partial charge is 0.260 e. The van der Waals surface area contributed by atoms with E-state index in [0.29, 0.717) is 37.8 Å². The van der Waals surface area contributed by atoms with E-state index in [9.17, 15) is 9.59 Å². The molecule has 0 aromatic heterocycles. The Morgan fingerprint density at radius 1 is 1.13 bits per heavy atom. The fourth-order valence-corrected chi connectivity index (χ4v) is 2.89. The van der Waals surface area contributed by atoms with Gasteiger partial charge in [-0.2, -0.15) is 5.10 Å². The molecule has 3 rings (SSSR count). The number of benzene rings is 2.